The summed E-state index contributed by atoms with van der Waals surface area (Å²) in [5.74, 6) is 0.846. The lowest BCUT2D eigenvalue weighted by Gasteiger charge is -2.12. The molecule has 1 amide bonds. The fraction of sp³-hybridized carbons (Fsp3) is 0.125. The number of aromatic nitrogens is 2. The number of carbonyl (C=O) groups excluding carboxylic acids is 1. The van der Waals surface area contributed by atoms with Crippen LogP contribution in [0.5, 0.6) is 11.5 Å². The summed E-state index contributed by atoms with van der Waals surface area (Å²) in [6, 6.07) is 19.2. The molecule has 0 spiro atoms. The molecular formula is C24H22N4O3S. The van der Waals surface area contributed by atoms with E-state index in [-0.39, 0.29) is 5.91 Å². The van der Waals surface area contributed by atoms with Crippen LogP contribution in [0.2, 0.25) is 0 Å². The van der Waals surface area contributed by atoms with E-state index in [9.17, 15) is 4.79 Å². The minimum Gasteiger partial charge on any atom is -0.493 e. The van der Waals surface area contributed by atoms with E-state index in [4.69, 9.17) is 9.47 Å². The Morgan fingerprint density at radius 1 is 1.16 bits per heavy atom. The molecular weight excluding hydrogens is 424 g/mol. The van der Waals surface area contributed by atoms with E-state index in [1.54, 1.807) is 19.4 Å². The fourth-order valence-electron chi connectivity index (χ4n) is 2.96. The highest BCUT2D eigenvalue weighted by Crippen LogP contribution is 2.32. The molecule has 0 unspecified atom stereocenters. The van der Waals surface area contributed by atoms with Gasteiger partial charge in [-0.25, -0.2) is 5.43 Å². The molecule has 2 heterocycles. The van der Waals surface area contributed by atoms with Crippen molar-refractivity contribution in [3.63, 3.8) is 0 Å². The molecule has 0 saturated heterocycles. The van der Waals surface area contributed by atoms with Gasteiger partial charge in [0.25, 0.3) is 5.91 Å². The van der Waals surface area contributed by atoms with E-state index >= 15 is 0 Å². The largest absolute Gasteiger partial charge is 0.493 e. The first-order valence-electron chi connectivity index (χ1n) is 9.91. The van der Waals surface area contributed by atoms with Crippen molar-refractivity contribution in [2.45, 2.75) is 13.5 Å². The second-order valence-electron chi connectivity index (χ2n) is 7.02. The van der Waals surface area contributed by atoms with Gasteiger partial charge in [-0.05, 0) is 48.2 Å². The van der Waals surface area contributed by atoms with Gasteiger partial charge in [0.2, 0.25) is 0 Å². The molecule has 0 atom stereocenters. The first kappa shape index (κ1) is 21.3. The zero-order valence-corrected chi connectivity index (χ0v) is 18.5. The number of amides is 1. The highest BCUT2D eigenvalue weighted by molar-refractivity contribution is 7.11. The summed E-state index contributed by atoms with van der Waals surface area (Å²) in [5.41, 5.74) is 6.48. The smallest absolute Gasteiger partial charge is 0.289 e. The number of benzene rings is 2. The van der Waals surface area contributed by atoms with E-state index in [1.807, 2.05) is 47.8 Å². The average molecular weight is 447 g/mol. The second-order valence-corrected chi connectivity index (χ2v) is 8.00. The van der Waals surface area contributed by atoms with E-state index in [1.165, 1.54) is 16.9 Å². The third-order valence-corrected chi connectivity index (χ3v) is 5.50. The van der Waals surface area contributed by atoms with Gasteiger partial charge in [-0.2, -0.15) is 10.2 Å². The van der Waals surface area contributed by atoms with Crippen molar-refractivity contribution in [1.29, 1.82) is 0 Å². The van der Waals surface area contributed by atoms with Crippen molar-refractivity contribution in [3.8, 4) is 22.8 Å². The molecule has 0 saturated carbocycles. The third-order valence-electron chi connectivity index (χ3n) is 4.70. The topological polar surface area (TPSA) is 88.6 Å². The molecule has 32 heavy (non-hydrogen) atoms. The fourth-order valence-corrected chi connectivity index (χ4v) is 3.54. The molecule has 2 aromatic carbocycles. The maximum atomic E-state index is 12.3. The molecule has 4 rings (SSSR count). The summed E-state index contributed by atoms with van der Waals surface area (Å²) in [6.45, 7) is 2.49. The number of hydrogen-bond donors (Lipinski definition) is 2. The number of rotatable bonds is 8. The number of carbonyl (C=O) groups is 1. The molecule has 0 aliphatic heterocycles. The quantitative estimate of drug-likeness (QED) is 0.301. The van der Waals surface area contributed by atoms with E-state index in [0.29, 0.717) is 29.5 Å². The molecule has 0 aliphatic carbocycles. The van der Waals surface area contributed by atoms with E-state index in [0.717, 1.165) is 16.0 Å². The number of H-pyrrole nitrogens is 1. The van der Waals surface area contributed by atoms with Crippen molar-refractivity contribution in [1.82, 2.24) is 15.6 Å². The molecule has 8 heteroatoms. The lowest BCUT2D eigenvalue weighted by molar-refractivity contribution is 0.0950. The standard InChI is InChI=1S/C24H22N4O3S/c1-16-5-7-17(8-6-16)15-31-22-10-9-18(12-23(22)30-2)20-13-21(27-26-20)24(29)28-25-14-19-4-3-11-32-19/h3-14H,15H2,1-2H3,(H,26,27)(H,28,29). The highest BCUT2D eigenvalue weighted by atomic mass is 32.1. The van der Waals surface area contributed by atoms with E-state index in [2.05, 4.69) is 39.8 Å². The Morgan fingerprint density at radius 3 is 2.75 bits per heavy atom. The van der Waals surface area contributed by atoms with E-state index < -0.39 is 0 Å². The van der Waals surface area contributed by atoms with Crippen molar-refractivity contribution in [2.75, 3.05) is 7.11 Å². The minimum atomic E-state index is -0.374. The number of thiophene rings is 1. The molecule has 162 valence electrons. The average Bonchev–Trinajstić information content (AvgIpc) is 3.51. The summed E-state index contributed by atoms with van der Waals surface area (Å²) >= 11 is 1.54. The molecule has 2 N–H and O–H groups in total. The number of aryl methyl sites for hydroxylation is 1. The third kappa shape index (κ3) is 5.22. The molecule has 2 aromatic heterocycles. The molecule has 0 bridgehead atoms. The number of aromatic amines is 1. The number of methoxy groups -OCH3 is 1. The zero-order chi connectivity index (χ0) is 22.3. The Hall–Kier alpha value is -3.91. The molecule has 4 aromatic rings. The van der Waals surface area contributed by atoms with Crippen molar-refractivity contribution < 1.29 is 14.3 Å². The Kier molecular flexibility index (Phi) is 6.62. The van der Waals surface area contributed by atoms with Crippen LogP contribution >= 0.6 is 11.3 Å². The SMILES string of the molecule is COc1cc(-c2cc(C(=O)NN=Cc3cccs3)[nH]n2)ccc1OCc1ccc(C)cc1. The highest BCUT2D eigenvalue weighted by Gasteiger charge is 2.13. The van der Waals surface area contributed by atoms with Gasteiger partial charge < -0.3 is 9.47 Å². The Labute approximate surface area is 189 Å². The predicted molar refractivity (Wildman–Crippen MR) is 125 cm³/mol. The summed E-state index contributed by atoms with van der Waals surface area (Å²) in [4.78, 5) is 13.2. The van der Waals surface area contributed by atoms with Gasteiger partial charge in [-0.15, -0.1) is 11.3 Å². The van der Waals surface area contributed by atoms with Gasteiger partial charge in [0.1, 0.15) is 12.3 Å². The van der Waals surface area contributed by atoms with Crippen LogP contribution in [0.4, 0.5) is 0 Å². The molecule has 7 nitrogen and oxygen atoms in total. The minimum absolute atomic E-state index is 0.307. The number of hydrogen-bond acceptors (Lipinski definition) is 6. The number of nitrogens with one attached hydrogen (secondary N) is 2. The summed E-state index contributed by atoms with van der Waals surface area (Å²) in [6.07, 6.45) is 1.60. The lowest BCUT2D eigenvalue weighted by Crippen LogP contribution is -2.17. The van der Waals surface area contributed by atoms with Crippen LogP contribution in [0.25, 0.3) is 11.3 Å². The molecule has 0 fully saturated rings. The van der Waals surface area contributed by atoms with Gasteiger partial charge in [0.15, 0.2) is 11.5 Å². The predicted octanol–water partition coefficient (Wildman–Crippen LogP) is 4.80. The van der Waals surface area contributed by atoms with Crippen molar-refractivity contribution in [3.05, 3.63) is 87.7 Å². The zero-order valence-electron chi connectivity index (χ0n) is 17.7. The van der Waals surface area contributed by atoms with Crippen LogP contribution in [0.1, 0.15) is 26.5 Å². The van der Waals surface area contributed by atoms with Gasteiger partial charge in [0, 0.05) is 10.4 Å². The van der Waals surface area contributed by atoms with Crippen LogP contribution < -0.4 is 14.9 Å². The lowest BCUT2D eigenvalue weighted by atomic mass is 10.1. The van der Waals surface area contributed by atoms with Gasteiger partial charge in [0.05, 0.1) is 19.0 Å². The van der Waals surface area contributed by atoms with Crippen molar-refractivity contribution in [2.24, 2.45) is 5.10 Å². The van der Waals surface area contributed by atoms with Gasteiger partial charge in [-0.3, -0.25) is 9.89 Å². The number of ether oxygens (including phenoxy) is 2. The summed E-state index contributed by atoms with van der Waals surface area (Å²) < 4.78 is 11.4. The number of nitrogens with zero attached hydrogens (tertiary/aromatic N) is 2. The van der Waals surface area contributed by atoms with Crippen LogP contribution in [0.15, 0.2) is 71.1 Å². The number of hydrazone groups is 1. The van der Waals surface area contributed by atoms with Crippen LogP contribution in [-0.2, 0) is 6.61 Å². The monoisotopic (exact) mass is 446 g/mol. The molecule has 0 radical (unpaired) electrons. The molecule has 0 aliphatic rings. The summed E-state index contributed by atoms with van der Waals surface area (Å²) in [5, 5.41) is 12.9. The van der Waals surface area contributed by atoms with Crippen LogP contribution in [0, 0.1) is 6.92 Å². The first-order chi connectivity index (χ1) is 15.6. The maximum Gasteiger partial charge on any atom is 0.289 e. The normalized spacial score (nSPS) is 10.9. The Bertz CT molecular complexity index is 1210. The Balaban J connectivity index is 1.42. The van der Waals surface area contributed by atoms with Crippen LogP contribution in [0.3, 0.4) is 0 Å². The van der Waals surface area contributed by atoms with Gasteiger partial charge >= 0.3 is 0 Å². The van der Waals surface area contributed by atoms with Gasteiger partial charge in [-0.1, -0.05) is 35.9 Å². The maximum absolute atomic E-state index is 12.3. The van der Waals surface area contributed by atoms with Crippen LogP contribution in [-0.4, -0.2) is 29.4 Å². The second kappa shape index (κ2) is 9.93. The van der Waals surface area contributed by atoms with Crippen molar-refractivity contribution >= 4 is 23.5 Å². The first-order valence-corrected chi connectivity index (χ1v) is 10.8. The Morgan fingerprint density at radius 2 is 2.00 bits per heavy atom. The summed E-state index contributed by atoms with van der Waals surface area (Å²) in [7, 11) is 1.59.